The highest BCUT2D eigenvalue weighted by Crippen LogP contribution is 2.39. The molecule has 0 spiro atoms. The highest BCUT2D eigenvalue weighted by Gasteiger charge is 2.46. The number of carbonyl (C=O) groups is 2. The molecule has 1 amide bonds. The van der Waals surface area contributed by atoms with E-state index in [9.17, 15) is 9.59 Å². The van der Waals surface area contributed by atoms with Crippen molar-refractivity contribution >= 4 is 11.9 Å². The van der Waals surface area contributed by atoms with Gasteiger partial charge in [0, 0.05) is 18.7 Å². The average molecular weight is 343 g/mol. The van der Waals surface area contributed by atoms with Crippen LogP contribution in [0.1, 0.15) is 16.8 Å². The van der Waals surface area contributed by atoms with Gasteiger partial charge >= 0.3 is 5.97 Å². The van der Waals surface area contributed by atoms with Crippen molar-refractivity contribution in [1.82, 2.24) is 5.32 Å². The van der Waals surface area contributed by atoms with Gasteiger partial charge < -0.3 is 14.8 Å². The number of benzene rings is 1. The summed E-state index contributed by atoms with van der Waals surface area (Å²) in [4.78, 5) is 24.9. The summed E-state index contributed by atoms with van der Waals surface area (Å²) in [6.45, 7) is 4.33. The quantitative estimate of drug-likeness (QED) is 0.610. The lowest BCUT2D eigenvalue weighted by molar-refractivity contribution is -0.146. The fourth-order valence-corrected chi connectivity index (χ4v) is 3.39. The number of nitrogens with one attached hydrogen (secondary N) is 1. The van der Waals surface area contributed by atoms with Crippen molar-refractivity contribution in [3.05, 3.63) is 60.7 Å². The number of allylic oxidation sites excluding steroid dienone is 1. The van der Waals surface area contributed by atoms with Crippen LogP contribution in [-0.4, -0.2) is 38.7 Å². The van der Waals surface area contributed by atoms with E-state index in [1.54, 1.807) is 25.3 Å². The third-order valence-electron chi connectivity index (χ3n) is 4.61. The Hall–Kier alpha value is -2.40. The fraction of sp³-hybridized carbons (Fsp3) is 0.400. The molecule has 1 aliphatic carbocycles. The van der Waals surface area contributed by atoms with Crippen LogP contribution in [-0.2, 0) is 14.3 Å². The molecule has 0 bridgehead atoms. The second-order valence-corrected chi connectivity index (χ2v) is 6.10. The van der Waals surface area contributed by atoms with Crippen LogP contribution in [0.5, 0.6) is 0 Å². The van der Waals surface area contributed by atoms with Gasteiger partial charge in [0.05, 0.1) is 19.6 Å². The van der Waals surface area contributed by atoms with Crippen LogP contribution >= 0.6 is 0 Å². The van der Waals surface area contributed by atoms with Crippen molar-refractivity contribution in [2.75, 3.05) is 20.8 Å². The van der Waals surface area contributed by atoms with Crippen LogP contribution in [0.4, 0.5) is 0 Å². The number of amides is 1. The van der Waals surface area contributed by atoms with Crippen LogP contribution in [0, 0.1) is 17.8 Å². The molecular weight excluding hydrogens is 318 g/mol. The zero-order valence-electron chi connectivity index (χ0n) is 14.7. The summed E-state index contributed by atoms with van der Waals surface area (Å²) in [6.07, 6.45) is 6.40. The van der Waals surface area contributed by atoms with Gasteiger partial charge in [-0.3, -0.25) is 9.59 Å². The molecule has 25 heavy (non-hydrogen) atoms. The zero-order chi connectivity index (χ0) is 18.2. The van der Waals surface area contributed by atoms with Crippen molar-refractivity contribution in [2.24, 2.45) is 17.8 Å². The van der Waals surface area contributed by atoms with Crippen molar-refractivity contribution in [3.8, 4) is 0 Å². The average Bonchev–Trinajstić information content (AvgIpc) is 2.99. The molecule has 1 aromatic carbocycles. The van der Waals surface area contributed by atoms with Gasteiger partial charge in [0.2, 0.25) is 0 Å². The Bertz CT molecular complexity index is 626. The highest BCUT2D eigenvalue weighted by atomic mass is 16.5. The topological polar surface area (TPSA) is 64.6 Å². The Kier molecular flexibility index (Phi) is 6.95. The molecule has 1 aromatic rings. The van der Waals surface area contributed by atoms with E-state index >= 15 is 0 Å². The Morgan fingerprint density at radius 3 is 2.56 bits per heavy atom. The van der Waals surface area contributed by atoms with E-state index < -0.39 is 5.92 Å². The third kappa shape index (κ3) is 4.57. The van der Waals surface area contributed by atoms with E-state index in [4.69, 9.17) is 9.47 Å². The smallest absolute Gasteiger partial charge is 0.311 e. The first kappa shape index (κ1) is 18.9. The third-order valence-corrected chi connectivity index (χ3v) is 4.61. The van der Waals surface area contributed by atoms with Crippen LogP contribution in [0.15, 0.2) is 55.1 Å². The SMILES string of the molecule is C=C[C@H]1C[C@@H](/C=C\COC)[C@H](NC(=O)c2ccccc2)[C@H]1C(=O)OC. The molecule has 1 aliphatic rings. The molecule has 0 aromatic heterocycles. The largest absolute Gasteiger partial charge is 0.469 e. The molecule has 0 saturated heterocycles. The summed E-state index contributed by atoms with van der Waals surface area (Å²) < 4.78 is 10.0. The number of hydrogen-bond acceptors (Lipinski definition) is 4. The number of esters is 1. The maximum atomic E-state index is 12.6. The monoisotopic (exact) mass is 343 g/mol. The molecule has 4 atom stereocenters. The lowest BCUT2D eigenvalue weighted by Gasteiger charge is -2.24. The van der Waals surface area contributed by atoms with Crippen molar-refractivity contribution in [3.63, 3.8) is 0 Å². The van der Waals surface area contributed by atoms with E-state index in [-0.39, 0.29) is 29.8 Å². The summed E-state index contributed by atoms with van der Waals surface area (Å²) in [6, 6.07) is 8.62. The van der Waals surface area contributed by atoms with Gasteiger partial charge in [-0.25, -0.2) is 0 Å². The standard InChI is InChI=1S/C20H25NO4/c1-4-14-13-16(11-8-12-24-2)18(17(14)20(23)25-3)21-19(22)15-9-6-5-7-10-15/h4-11,14,16-18H,1,12-13H2,2-3H3,(H,21,22)/b11-8-/t14-,16+,17-,18-/m0/s1. The number of hydrogen-bond donors (Lipinski definition) is 1. The minimum atomic E-state index is -0.452. The molecule has 5 nitrogen and oxygen atoms in total. The summed E-state index contributed by atoms with van der Waals surface area (Å²) in [7, 11) is 2.99. The van der Waals surface area contributed by atoms with Crippen molar-refractivity contribution in [2.45, 2.75) is 12.5 Å². The molecule has 0 radical (unpaired) electrons. The number of rotatable bonds is 7. The summed E-state index contributed by atoms with van der Waals surface area (Å²) in [5.74, 6) is -1.02. The molecule has 134 valence electrons. The van der Waals surface area contributed by atoms with E-state index in [2.05, 4.69) is 11.9 Å². The number of methoxy groups -OCH3 is 2. The first-order chi connectivity index (χ1) is 12.1. The second-order valence-electron chi connectivity index (χ2n) is 6.10. The Morgan fingerprint density at radius 2 is 1.96 bits per heavy atom. The maximum absolute atomic E-state index is 12.6. The molecule has 0 unspecified atom stereocenters. The fourth-order valence-electron chi connectivity index (χ4n) is 3.39. The minimum Gasteiger partial charge on any atom is -0.469 e. The molecular formula is C20H25NO4. The Balaban J connectivity index is 2.25. The predicted octanol–water partition coefficient (Wildman–Crippen LogP) is 2.60. The minimum absolute atomic E-state index is 0.00918. The zero-order valence-corrected chi connectivity index (χ0v) is 14.7. The van der Waals surface area contributed by atoms with Gasteiger partial charge in [-0.05, 0) is 30.4 Å². The molecule has 5 heteroatoms. The van der Waals surface area contributed by atoms with Gasteiger partial charge in [0.15, 0.2) is 0 Å². The van der Waals surface area contributed by atoms with Crippen molar-refractivity contribution in [1.29, 1.82) is 0 Å². The maximum Gasteiger partial charge on any atom is 0.311 e. The molecule has 1 fully saturated rings. The van der Waals surface area contributed by atoms with Gasteiger partial charge in [-0.15, -0.1) is 6.58 Å². The molecule has 0 heterocycles. The number of carbonyl (C=O) groups excluding carboxylic acids is 2. The van der Waals surface area contributed by atoms with Crippen LogP contribution in [0.25, 0.3) is 0 Å². The molecule has 2 rings (SSSR count). The van der Waals surface area contributed by atoms with E-state index in [0.717, 1.165) is 6.42 Å². The Labute approximate surface area is 148 Å². The summed E-state index contributed by atoms with van der Waals surface area (Å²) >= 11 is 0. The van der Waals surface area contributed by atoms with Gasteiger partial charge in [-0.2, -0.15) is 0 Å². The van der Waals surface area contributed by atoms with Crippen LogP contribution in [0.3, 0.4) is 0 Å². The van der Waals surface area contributed by atoms with Crippen LogP contribution in [0.2, 0.25) is 0 Å². The molecule has 1 saturated carbocycles. The highest BCUT2D eigenvalue weighted by molar-refractivity contribution is 5.94. The first-order valence-electron chi connectivity index (χ1n) is 8.34. The van der Waals surface area contributed by atoms with Gasteiger partial charge in [-0.1, -0.05) is 36.4 Å². The number of ether oxygens (including phenoxy) is 2. The van der Waals surface area contributed by atoms with E-state index in [0.29, 0.717) is 12.2 Å². The van der Waals surface area contributed by atoms with Gasteiger partial charge in [0.25, 0.3) is 5.91 Å². The van der Waals surface area contributed by atoms with E-state index in [1.807, 2.05) is 30.4 Å². The second kappa shape index (κ2) is 9.18. The first-order valence-corrected chi connectivity index (χ1v) is 8.34. The molecule has 0 aliphatic heterocycles. The molecule has 1 N–H and O–H groups in total. The summed E-state index contributed by atoms with van der Waals surface area (Å²) in [5, 5.41) is 3.02. The lowest BCUT2D eigenvalue weighted by Crippen LogP contribution is -2.45. The van der Waals surface area contributed by atoms with Crippen molar-refractivity contribution < 1.29 is 19.1 Å². The lowest BCUT2D eigenvalue weighted by atomic mass is 9.92. The summed E-state index contributed by atoms with van der Waals surface area (Å²) in [5.41, 5.74) is 0.563. The predicted molar refractivity (Wildman–Crippen MR) is 96.0 cm³/mol. The van der Waals surface area contributed by atoms with Gasteiger partial charge in [0.1, 0.15) is 0 Å². The van der Waals surface area contributed by atoms with E-state index in [1.165, 1.54) is 7.11 Å². The Morgan fingerprint density at radius 1 is 1.24 bits per heavy atom. The normalized spacial score (nSPS) is 25.7. The van der Waals surface area contributed by atoms with Crippen LogP contribution < -0.4 is 5.32 Å².